The highest BCUT2D eigenvalue weighted by atomic mass is 16.5. The summed E-state index contributed by atoms with van der Waals surface area (Å²) in [6, 6.07) is 15.7. The molecule has 2 aromatic carbocycles. The van der Waals surface area contributed by atoms with E-state index < -0.39 is 0 Å². The number of benzene rings is 2. The molecule has 1 aliphatic heterocycles. The summed E-state index contributed by atoms with van der Waals surface area (Å²) >= 11 is 0. The minimum absolute atomic E-state index is 0.0269. The van der Waals surface area contributed by atoms with Crippen LogP contribution in [0, 0.1) is 5.92 Å². The molecule has 1 aromatic heterocycles. The Balaban J connectivity index is 1.67. The van der Waals surface area contributed by atoms with E-state index >= 15 is 0 Å². The summed E-state index contributed by atoms with van der Waals surface area (Å²) in [5.41, 5.74) is 2.53. The second-order valence-corrected chi connectivity index (χ2v) is 7.58. The fourth-order valence-electron chi connectivity index (χ4n) is 4.08. The molecule has 0 spiro atoms. The number of methoxy groups -OCH3 is 1. The molecule has 1 aliphatic rings. The Morgan fingerprint density at radius 1 is 1.17 bits per heavy atom. The normalized spacial score (nSPS) is 15.0. The van der Waals surface area contributed by atoms with Gasteiger partial charge in [0.2, 0.25) is 5.76 Å². The lowest BCUT2D eigenvalue weighted by Crippen LogP contribution is -2.40. The second kappa shape index (κ2) is 8.70. The predicted octanol–water partition coefficient (Wildman–Crippen LogP) is 4.57. The van der Waals surface area contributed by atoms with Crippen molar-refractivity contribution in [3.8, 4) is 16.9 Å². The van der Waals surface area contributed by atoms with Crippen molar-refractivity contribution in [3.63, 3.8) is 0 Å². The number of piperidine rings is 1. The lowest BCUT2D eigenvalue weighted by atomic mass is 9.96. The Hall–Kier alpha value is -2.79. The summed E-state index contributed by atoms with van der Waals surface area (Å²) < 4.78 is 11.5. The highest BCUT2D eigenvalue weighted by molar-refractivity contribution is 6.08. The lowest BCUT2D eigenvalue weighted by Gasteiger charge is -2.31. The number of nitrogens with one attached hydrogen (secondary N) is 1. The standard InChI is InChI=1S/C24H28N2O3/c1-3-25-16-17-11-13-26(14-12-17)24(27)23-22(18-7-5-4-6-8-18)20-10-9-19(28-2)15-21(20)29-23/h4-10,15,17,25H,3,11-14,16H2,1-2H3. The number of rotatable bonds is 6. The van der Waals surface area contributed by atoms with Gasteiger partial charge in [0.15, 0.2) is 0 Å². The summed E-state index contributed by atoms with van der Waals surface area (Å²) in [5, 5.41) is 4.35. The number of fused-ring (bicyclic) bond motifs is 1. The van der Waals surface area contributed by atoms with E-state index in [1.54, 1.807) is 7.11 Å². The minimum Gasteiger partial charge on any atom is -0.497 e. The fraction of sp³-hybridized carbons (Fsp3) is 0.375. The molecule has 4 rings (SSSR count). The number of hydrogen-bond donors (Lipinski definition) is 1. The maximum absolute atomic E-state index is 13.4. The van der Waals surface area contributed by atoms with Gasteiger partial charge < -0.3 is 19.4 Å². The Morgan fingerprint density at radius 3 is 2.62 bits per heavy atom. The summed E-state index contributed by atoms with van der Waals surface area (Å²) in [4.78, 5) is 15.4. The van der Waals surface area contributed by atoms with E-state index in [0.717, 1.165) is 55.5 Å². The van der Waals surface area contributed by atoms with Crippen molar-refractivity contribution in [1.82, 2.24) is 10.2 Å². The highest BCUT2D eigenvalue weighted by Crippen LogP contribution is 2.37. The zero-order chi connectivity index (χ0) is 20.2. The molecule has 1 amide bonds. The SMILES string of the molecule is CCNCC1CCN(C(=O)c2oc3cc(OC)ccc3c2-c2ccccc2)CC1. The van der Waals surface area contributed by atoms with E-state index in [1.165, 1.54) is 0 Å². The Bertz CT molecular complexity index is 972. The Kier molecular flexibility index (Phi) is 5.86. The molecule has 29 heavy (non-hydrogen) atoms. The van der Waals surface area contributed by atoms with Gasteiger partial charge in [0.25, 0.3) is 5.91 Å². The van der Waals surface area contributed by atoms with Gasteiger partial charge in [0, 0.05) is 30.1 Å². The zero-order valence-electron chi connectivity index (χ0n) is 17.1. The molecular weight excluding hydrogens is 364 g/mol. The van der Waals surface area contributed by atoms with Crippen LogP contribution in [0.1, 0.15) is 30.3 Å². The van der Waals surface area contributed by atoms with Crippen molar-refractivity contribution >= 4 is 16.9 Å². The third-order valence-electron chi connectivity index (χ3n) is 5.74. The van der Waals surface area contributed by atoms with Crippen LogP contribution in [-0.4, -0.2) is 44.1 Å². The minimum atomic E-state index is -0.0269. The first-order chi connectivity index (χ1) is 14.2. The fourth-order valence-corrected chi connectivity index (χ4v) is 4.08. The van der Waals surface area contributed by atoms with E-state index in [-0.39, 0.29) is 5.91 Å². The van der Waals surface area contributed by atoms with Crippen LogP contribution in [0.5, 0.6) is 5.75 Å². The van der Waals surface area contributed by atoms with Gasteiger partial charge in [-0.15, -0.1) is 0 Å². The maximum Gasteiger partial charge on any atom is 0.290 e. The molecule has 152 valence electrons. The molecular formula is C24H28N2O3. The predicted molar refractivity (Wildman–Crippen MR) is 115 cm³/mol. The van der Waals surface area contributed by atoms with Crippen LogP contribution in [0.3, 0.4) is 0 Å². The summed E-state index contributed by atoms with van der Waals surface area (Å²) in [6.07, 6.45) is 2.04. The number of carbonyl (C=O) groups is 1. The number of ether oxygens (including phenoxy) is 1. The van der Waals surface area contributed by atoms with Crippen molar-refractivity contribution in [3.05, 3.63) is 54.3 Å². The van der Waals surface area contributed by atoms with E-state index in [9.17, 15) is 4.79 Å². The molecule has 5 heteroatoms. The van der Waals surface area contributed by atoms with Gasteiger partial charge in [-0.25, -0.2) is 0 Å². The van der Waals surface area contributed by atoms with Crippen LogP contribution in [0.25, 0.3) is 22.1 Å². The van der Waals surface area contributed by atoms with Crippen molar-refractivity contribution in [2.75, 3.05) is 33.3 Å². The molecule has 0 atom stereocenters. The van der Waals surface area contributed by atoms with Crippen molar-refractivity contribution in [1.29, 1.82) is 0 Å². The van der Waals surface area contributed by atoms with Crippen molar-refractivity contribution in [2.24, 2.45) is 5.92 Å². The van der Waals surface area contributed by atoms with Gasteiger partial charge >= 0.3 is 0 Å². The number of amides is 1. The zero-order valence-corrected chi connectivity index (χ0v) is 17.1. The summed E-state index contributed by atoms with van der Waals surface area (Å²) in [7, 11) is 1.63. The number of nitrogens with zero attached hydrogens (tertiary/aromatic N) is 1. The first-order valence-electron chi connectivity index (χ1n) is 10.4. The van der Waals surface area contributed by atoms with Gasteiger partial charge in [-0.05, 0) is 49.5 Å². The van der Waals surface area contributed by atoms with Gasteiger partial charge in [0.1, 0.15) is 11.3 Å². The lowest BCUT2D eigenvalue weighted by molar-refractivity contribution is 0.0661. The molecule has 0 saturated carbocycles. The highest BCUT2D eigenvalue weighted by Gasteiger charge is 2.29. The first kappa shape index (κ1) is 19.5. The second-order valence-electron chi connectivity index (χ2n) is 7.58. The van der Waals surface area contributed by atoms with Crippen LogP contribution in [0.4, 0.5) is 0 Å². The molecule has 5 nitrogen and oxygen atoms in total. The average molecular weight is 392 g/mol. The van der Waals surface area contributed by atoms with E-state index in [2.05, 4.69) is 12.2 Å². The van der Waals surface area contributed by atoms with Crippen molar-refractivity contribution < 1.29 is 13.9 Å². The Labute approximate surface area is 171 Å². The topological polar surface area (TPSA) is 54.7 Å². The Morgan fingerprint density at radius 2 is 1.93 bits per heavy atom. The van der Waals surface area contributed by atoms with E-state index in [0.29, 0.717) is 23.0 Å². The van der Waals surface area contributed by atoms with Gasteiger partial charge in [-0.1, -0.05) is 37.3 Å². The third-order valence-corrected chi connectivity index (χ3v) is 5.74. The molecule has 1 saturated heterocycles. The van der Waals surface area contributed by atoms with E-state index in [4.69, 9.17) is 9.15 Å². The van der Waals surface area contributed by atoms with Crippen LogP contribution < -0.4 is 10.1 Å². The number of furan rings is 1. The number of likely N-dealkylation sites (tertiary alicyclic amines) is 1. The van der Waals surface area contributed by atoms with Crippen LogP contribution in [-0.2, 0) is 0 Å². The number of hydrogen-bond acceptors (Lipinski definition) is 4. The maximum atomic E-state index is 13.4. The molecule has 1 fully saturated rings. The first-order valence-corrected chi connectivity index (χ1v) is 10.4. The monoisotopic (exact) mass is 392 g/mol. The molecule has 1 N–H and O–H groups in total. The molecule has 0 aliphatic carbocycles. The molecule has 0 bridgehead atoms. The largest absolute Gasteiger partial charge is 0.497 e. The molecule has 2 heterocycles. The van der Waals surface area contributed by atoms with Gasteiger partial charge in [-0.2, -0.15) is 0 Å². The van der Waals surface area contributed by atoms with E-state index in [1.807, 2.05) is 53.4 Å². The smallest absolute Gasteiger partial charge is 0.290 e. The average Bonchev–Trinajstić information content (AvgIpc) is 3.16. The summed E-state index contributed by atoms with van der Waals surface area (Å²) in [6.45, 7) is 5.67. The van der Waals surface area contributed by atoms with Crippen LogP contribution in [0.2, 0.25) is 0 Å². The quantitative estimate of drug-likeness (QED) is 0.668. The van der Waals surface area contributed by atoms with Gasteiger partial charge in [0.05, 0.1) is 7.11 Å². The molecule has 0 radical (unpaired) electrons. The van der Waals surface area contributed by atoms with Crippen LogP contribution in [0.15, 0.2) is 52.9 Å². The van der Waals surface area contributed by atoms with Crippen molar-refractivity contribution in [2.45, 2.75) is 19.8 Å². The van der Waals surface area contributed by atoms with Gasteiger partial charge in [-0.3, -0.25) is 4.79 Å². The van der Waals surface area contributed by atoms with Crippen LogP contribution >= 0.6 is 0 Å². The molecule has 3 aromatic rings. The summed E-state index contributed by atoms with van der Waals surface area (Å²) in [5.74, 6) is 1.74. The third kappa shape index (κ3) is 4.01. The molecule has 0 unspecified atom stereocenters. The number of carbonyl (C=O) groups excluding carboxylic acids is 1.